The minimum atomic E-state index is 0.382. The Morgan fingerprint density at radius 2 is 2.27 bits per heavy atom. The zero-order valence-electron chi connectivity index (χ0n) is 9.84. The molecule has 0 spiro atoms. The summed E-state index contributed by atoms with van der Waals surface area (Å²) >= 11 is 1.82. The Bertz CT molecular complexity index is 273. The first kappa shape index (κ1) is 12.6. The lowest BCUT2D eigenvalue weighted by atomic mass is 10.3. The van der Waals surface area contributed by atoms with Crippen molar-refractivity contribution in [3.8, 4) is 0 Å². The van der Waals surface area contributed by atoms with Crippen LogP contribution < -0.4 is 10.6 Å². The van der Waals surface area contributed by atoms with Gasteiger partial charge in [-0.1, -0.05) is 6.92 Å². The van der Waals surface area contributed by atoms with Crippen molar-refractivity contribution in [3.05, 3.63) is 16.1 Å². The molecule has 3 nitrogen and oxygen atoms in total. The Morgan fingerprint density at radius 3 is 2.87 bits per heavy atom. The lowest BCUT2D eigenvalue weighted by Crippen LogP contribution is -2.22. The highest BCUT2D eigenvalue weighted by atomic mass is 32.1. The topological polar surface area (TPSA) is 37.0 Å². The molecule has 2 N–H and O–H groups in total. The van der Waals surface area contributed by atoms with E-state index in [4.69, 9.17) is 0 Å². The number of hydrogen-bond acceptors (Lipinski definition) is 4. The summed E-state index contributed by atoms with van der Waals surface area (Å²) in [6.07, 6.45) is 4.24. The normalized spacial score (nSPS) is 13.0. The number of aromatic nitrogens is 1. The van der Waals surface area contributed by atoms with Crippen molar-refractivity contribution in [2.75, 3.05) is 20.1 Å². The SMILES string of the molecule is CCc1cnc(C(C)NCCCNC)s1. The third kappa shape index (κ3) is 4.28. The highest BCUT2D eigenvalue weighted by molar-refractivity contribution is 7.11. The van der Waals surface area contributed by atoms with Crippen LogP contribution in [-0.4, -0.2) is 25.1 Å². The molecule has 0 aliphatic carbocycles. The smallest absolute Gasteiger partial charge is 0.109 e. The first-order valence-corrected chi connectivity index (χ1v) is 6.42. The van der Waals surface area contributed by atoms with Crippen LogP contribution in [0, 0.1) is 0 Å². The van der Waals surface area contributed by atoms with Crippen LogP contribution in [0.4, 0.5) is 0 Å². The molecule has 0 bridgehead atoms. The van der Waals surface area contributed by atoms with Gasteiger partial charge in [-0.2, -0.15) is 0 Å². The van der Waals surface area contributed by atoms with Crippen LogP contribution in [-0.2, 0) is 6.42 Å². The van der Waals surface area contributed by atoms with Crippen molar-refractivity contribution in [3.63, 3.8) is 0 Å². The van der Waals surface area contributed by atoms with Gasteiger partial charge in [0.25, 0.3) is 0 Å². The van der Waals surface area contributed by atoms with Gasteiger partial charge >= 0.3 is 0 Å². The van der Waals surface area contributed by atoms with Crippen LogP contribution in [0.1, 0.15) is 36.2 Å². The Hall–Kier alpha value is -0.450. The van der Waals surface area contributed by atoms with E-state index in [-0.39, 0.29) is 0 Å². The molecule has 0 amide bonds. The molecule has 1 heterocycles. The van der Waals surface area contributed by atoms with Crippen molar-refractivity contribution < 1.29 is 0 Å². The van der Waals surface area contributed by atoms with E-state index in [1.807, 2.05) is 24.6 Å². The van der Waals surface area contributed by atoms with E-state index < -0.39 is 0 Å². The molecule has 0 aromatic carbocycles. The summed E-state index contributed by atoms with van der Waals surface area (Å²) in [6, 6.07) is 0.382. The number of rotatable bonds is 7. The quantitative estimate of drug-likeness (QED) is 0.699. The first-order valence-electron chi connectivity index (χ1n) is 5.60. The van der Waals surface area contributed by atoms with E-state index >= 15 is 0 Å². The predicted octanol–water partition coefficient (Wildman–Crippen LogP) is 1.97. The van der Waals surface area contributed by atoms with E-state index in [2.05, 4.69) is 29.5 Å². The maximum atomic E-state index is 4.43. The van der Waals surface area contributed by atoms with Gasteiger partial charge < -0.3 is 10.6 Å². The van der Waals surface area contributed by atoms with Crippen LogP contribution in [0.3, 0.4) is 0 Å². The van der Waals surface area contributed by atoms with Gasteiger partial charge in [-0.15, -0.1) is 11.3 Å². The second-order valence-corrected chi connectivity index (χ2v) is 4.80. The van der Waals surface area contributed by atoms with Crippen molar-refractivity contribution in [2.45, 2.75) is 32.7 Å². The van der Waals surface area contributed by atoms with Gasteiger partial charge in [-0.3, -0.25) is 0 Å². The average Bonchev–Trinajstić information content (AvgIpc) is 2.72. The third-order valence-electron chi connectivity index (χ3n) is 2.34. The fraction of sp³-hybridized carbons (Fsp3) is 0.727. The van der Waals surface area contributed by atoms with Crippen LogP contribution in [0.2, 0.25) is 0 Å². The molecular formula is C11H21N3S. The summed E-state index contributed by atoms with van der Waals surface area (Å²) in [5, 5.41) is 7.83. The highest BCUT2D eigenvalue weighted by Gasteiger charge is 2.08. The molecule has 0 aliphatic heterocycles. The number of nitrogens with one attached hydrogen (secondary N) is 2. The minimum absolute atomic E-state index is 0.382. The Labute approximate surface area is 96.3 Å². The molecule has 15 heavy (non-hydrogen) atoms. The zero-order chi connectivity index (χ0) is 11.1. The molecule has 1 aromatic heterocycles. The number of nitrogens with zero attached hydrogens (tertiary/aromatic N) is 1. The van der Waals surface area contributed by atoms with E-state index in [1.165, 1.54) is 9.88 Å². The van der Waals surface area contributed by atoms with E-state index in [0.717, 1.165) is 25.9 Å². The van der Waals surface area contributed by atoms with Crippen LogP contribution >= 0.6 is 11.3 Å². The molecule has 0 radical (unpaired) electrons. The van der Waals surface area contributed by atoms with Gasteiger partial charge in [0.05, 0.1) is 6.04 Å². The van der Waals surface area contributed by atoms with Gasteiger partial charge in [0, 0.05) is 11.1 Å². The first-order chi connectivity index (χ1) is 7.27. The standard InChI is InChI=1S/C11H21N3S/c1-4-10-8-14-11(15-10)9(2)13-7-5-6-12-3/h8-9,12-13H,4-7H2,1-3H3. The molecule has 0 saturated carbocycles. The second kappa shape index (κ2) is 6.93. The molecule has 4 heteroatoms. The lowest BCUT2D eigenvalue weighted by molar-refractivity contribution is 0.547. The Balaban J connectivity index is 2.29. The summed E-state index contributed by atoms with van der Waals surface area (Å²) in [5.74, 6) is 0. The van der Waals surface area contributed by atoms with Crippen molar-refractivity contribution in [1.82, 2.24) is 15.6 Å². The predicted molar refractivity (Wildman–Crippen MR) is 66.5 cm³/mol. The Morgan fingerprint density at radius 1 is 1.47 bits per heavy atom. The van der Waals surface area contributed by atoms with Crippen molar-refractivity contribution in [1.29, 1.82) is 0 Å². The fourth-order valence-corrected chi connectivity index (χ4v) is 2.24. The molecule has 0 fully saturated rings. The average molecular weight is 227 g/mol. The van der Waals surface area contributed by atoms with Crippen LogP contribution in [0.15, 0.2) is 6.20 Å². The molecular weight excluding hydrogens is 206 g/mol. The van der Waals surface area contributed by atoms with Crippen molar-refractivity contribution in [2.24, 2.45) is 0 Å². The largest absolute Gasteiger partial charge is 0.320 e. The summed E-state index contributed by atoms with van der Waals surface area (Å²) in [6.45, 7) is 6.46. The van der Waals surface area contributed by atoms with E-state index in [1.54, 1.807) is 0 Å². The highest BCUT2D eigenvalue weighted by Crippen LogP contribution is 2.19. The van der Waals surface area contributed by atoms with E-state index in [0.29, 0.717) is 6.04 Å². The minimum Gasteiger partial charge on any atom is -0.320 e. The number of hydrogen-bond donors (Lipinski definition) is 2. The Kier molecular flexibility index (Phi) is 5.83. The summed E-state index contributed by atoms with van der Waals surface area (Å²) in [5.41, 5.74) is 0. The monoisotopic (exact) mass is 227 g/mol. The third-order valence-corrected chi connectivity index (χ3v) is 3.67. The number of thiazole rings is 1. The van der Waals surface area contributed by atoms with Crippen molar-refractivity contribution >= 4 is 11.3 Å². The maximum Gasteiger partial charge on any atom is 0.109 e. The second-order valence-electron chi connectivity index (χ2n) is 3.65. The van der Waals surface area contributed by atoms with Crippen LogP contribution in [0.5, 0.6) is 0 Å². The number of aryl methyl sites for hydroxylation is 1. The zero-order valence-corrected chi connectivity index (χ0v) is 10.7. The van der Waals surface area contributed by atoms with Gasteiger partial charge in [0.1, 0.15) is 5.01 Å². The molecule has 1 aromatic rings. The van der Waals surface area contributed by atoms with Crippen LogP contribution in [0.25, 0.3) is 0 Å². The fourth-order valence-electron chi connectivity index (χ4n) is 1.36. The molecule has 86 valence electrons. The molecule has 0 saturated heterocycles. The van der Waals surface area contributed by atoms with Gasteiger partial charge in [0.2, 0.25) is 0 Å². The molecule has 1 atom stereocenters. The van der Waals surface area contributed by atoms with E-state index in [9.17, 15) is 0 Å². The van der Waals surface area contributed by atoms with Gasteiger partial charge in [-0.25, -0.2) is 4.98 Å². The molecule has 1 rings (SSSR count). The molecule has 1 unspecified atom stereocenters. The van der Waals surface area contributed by atoms with Gasteiger partial charge in [0.15, 0.2) is 0 Å². The molecule has 0 aliphatic rings. The van der Waals surface area contributed by atoms with Gasteiger partial charge in [-0.05, 0) is 39.9 Å². The summed E-state index contributed by atoms with van der Waals surface area (Å²) in [4.78, 5) is 5.80. The maximum absolute atomic E-state index is 4.43. The lowest BCUT2D eigenvalue weighted by Gasteiger charge is -2.10. The summed E-state index contributed by atoms with van der Waals surface area (Å²) in [7, 11) is 1.98. The summed E-state index contributed by atoms with van der Waals surface area (Å²) < 4.78 is 0.